The Hall–Kier alpha value is -1.51. The number of carbonyl (C=O) groups excluding carboxylic acids is 1. The van der Waals surface area contributed by atoms with Gasteiger partial charge in [-0.05, 0) is 37.1 Å². The number of carbonyl (C=O) groups is 1. The molecule has 0 amide bonds. The highest BCUT2D eigenvalue weighted by Gasteiger charge is 2.07. The van der Waals surface area contributed by atoms with Crippen molar-refractivity contribution in [2.24, 2.45) is 0 Å². The van der Waals surface area contributed by atoms with Crippen LogP contribution in [0.1, 0.15) is 37.0 Å². The van der Waals surface area contributed by atoms with Crippen LogP contribution < -0.4 is 4.90 Å². The zero-order chi connectivity index (χ0) is 12.7. The van der Waals surface area contributed by atoms with Crippen molar-refractivity contribution in [3.05, 3.63) is 29.8 Å². The predicted molar refractivity (Wildman–Crippen MR) is 70.6 cm³/mol. The fraction of sp³-hybridized carbons (Fsp3) is 0.500. The van der Waals surface area contributed by atoms with E-state index in [2.05, 4.69) is 23.5 Å². The summed E-state index contributed by atoms with van der Waals surface area (Å²) in [6, 6.07) is 7.61. The number of methoxy groups -OCH3 is 1. The van der Waals surface area contributed by atoms with Crippen molar-refractivity contribution < 1.29 is 9.53 Å². The molecule has 0 aromatic heterocycles. The molecule has 0 aliphatic carbocycles. The van der Waals surface area contributed by atoms with Gasteiger partial charge in [-0.25, -0.2) is 4.79 Å². The maximum Gasteiger partial charge on any atom is 0.337 e. The summed E-state index contributed by atoms with van der Waals surface area (Å²) in [5.74, 6) is -0.283. The second-order valence-corrected chi connectivity index (χ2v) is 4.03. The number of hydrogen-bond donors (Lipinski definition) is 0. The van der Waals surface area contributed by atoms with Crippen LogP contribution in [0.3, 0.4) is 0 Å². The Bertz CT molecular complexity index is 340. The number of esters is 1. The first-order valence-corrected chi connectivity index (χ1v) is 6.16. The summed E-state index contributed by atoms with van der Waals surface area (Å²) in [4.78, 5) is 13.6. The molecule has 94 valence electrons. The lowest BCUT2D eigenvalue weighted by atomic mass is 10.2. The van der Waals surface area contributed by atoms with Gasteiger partial charge in [-0.3, -0.25) is 0 Å². The molecule has 17 heavy (non-hydrogen) atoms. The Kier molecular flexibility index (Phi) is 5.53. The van der Waals surface area contributed by atoms with Gasteiger partial charge in [0.2, 0.25) is 0 Å². The zero-order valence-electron chi connectivity index (χ0n) is 10.9. The normalized spacial score (nSPS) is 10.1. The smallest absolute Gasteiger partial charge is 0.337 e. The van der Waals surface area contributed by atoms with Crippen molar-refractivity contribution in [2.75, 3.05) is 25.1 Å². The lowest BCUT2D eigenvalue weighted by molar-refractivity contribution is 0.0601. The number of anilines is 1. The Labute approximate surface area is 103 Å². The fourth-order valence-corrected chi connectivity index (χ4v) is 1.84. The van der Waals surface area contributed by atoms with Gasteiger partial charge < -0.3 is 9.64 Å². The molecule has 0 atom stereocenters. The molecule has 0 spiro atoms. The second-order valence-electron chi connectivity index (χ2n) is 4.03. The third-order valence-electron chi connectivity index (χ3n) is 2.64. The highest BCUT2D eigenvalue weighted by atomic mass is 16.5. The first kappa shape index (κ1) is 13.6. The van der Waals surface area contributed by atoms with Crippen LogP contribution in [0.15, 0.2) is 24.3 Å². The molecule has 0 unspecified atom stereocenters. The summed E-state index contributed by atoms with van der Waals surface area (Å²) in [5.41, 5.74) is 1.77. The molecule has 0 saturated carbocycles. The van der Waals surface area contributed by atoms with E-state index in [1.54, 1.807) is 0 Å². The van der Waals surface area contributed by atoms with Crippen LogP contribution in [0.5, 0.6) is 0 Å². The molecule has 3 heteroatoms. The van der Waals surface area contributed by atoms with Gasteiger partial charge in [0.1, 0.15) is 0 Å². The average Bonchev–Trinajstić information content (AvgIpc) is 2.38. The van der Waals surface area contributed by atoms with E-state index in [4.69, 9.17) is 0 Å². The average molecular weight is 235 g/mol. The van der Waals surface area contributed by atoms with Crippen LogP contribution >= 0.6 is 0 Å². The quantitative estimate of drug-likeness (QED) is 0.710. The number of benzene rings is 1. The third kappa shape index (κ3) is 3.77. The lowest BCUT2D eigenvalue weighted by Crippen LogP contribution is -2.24. The minimum absolute atomic E-state index is 0.283. The van der Waals surface area contributed by atoms with Crippen LogP contribution in [-0.2, 0) is 4.74 Å². The molecule has 0 aliphatic heterocycles. The van der Waals surface area contributed by atoms with Crippen molar-refractivity contribution in [2.45, 2.75) is 26.7 Å². The van der Waals surface area contributed by atoms with E-state index in [-0.39, 0.29) is 5.97 Å². The molecule has 3 nitrogen and oxygen atoms in total. The molecule has 0 aliphatic rings. The van der Waals surface area contributed by atoms with Crippen LogP contribution in [-0.4, -0.2) is 26.2 Å². The van der Waals surface area contributed by atoms with Crippen LogP contribution in [0.2, 0.25) is 0 Å². The Morgan fingerprint density at radius 1 is 1.12 bits per heavy atom. The molecule has 1 rings (SSSR count). The molecule has 0 N–H and O–H groups in total. The van der Waals surface area contributed by atoms with Gasteiger partial charge in [0.05, 0.1) is 12.7 Å². The molecule has 0 saturated heterocycles. The van der Waals surface area contributed by atoms with Gasteiger partial charge in [-0.2, -0.15) is 0 Å². The standard InChI is InChI=1S/C14H21NO2/c1-4-10-15(11-5-2)13-8-6-12(7-9-13)14(16)17-3/h6-9H,4-5,10-11H2,1-3H3. The molecule has 0 heterocycles. The maximum atomic E-state index is 11.3. The van der Waals surface area contributed by atoms with E-state index in [1.807, 2.05) is 24.3 Å². The third-order valence-corrected chi connectivity index (χ3v) is 2.64. The minimum Gasteiger partial charge on any atom is -0.465 e. The van der Waals surface area contributed by atoms with Gasteiger partial charge in [0, 0.05) is 18.8 Å². The largest absolute Gasteiger partial charge is 0.465 e. The van der Waals surface area contributed by atoms with Gasteiger partial charge in [0.15, 0.2) is 0 Å². The first-order valence-electron chi connectivity index (χ1n) is 6.16. The molecule has 0 radical (unpaired) electrons. The Morgan fingerprint density at radius 2 is 1.65 bits per heavy atom. The lowest BCUT2D eigenvalue weighted by Gasteiger charge is -2.23. The van der Waals surface area contributed by atoms with Crippen molar-refractivity contribution in [1.82, 2.24) is 0 Å². The van der Waals surface area contributed by atoms with E-state index in [1.165, 1.54) is 12.8 Å². The fourth-order valence-electron chi connectivity index (χ4n) is 1.84. The van der Waals surface area contributed by atoms with Gasteiger partial charge >= 0.3 is 5.97 Å². The van der Waals surface area contributed by atoms with Crippen molar-refractivity contribution in [3.8, 4) is 0 Å². The van der Waals surface area contributed by atoms with Crippen molar-refractivity contribution in [1.29, 1.82) is 0 Å². The molecular weight excluding hydrogens is 214 g/mol. The first-order chi connectivity index (χ1) is 8.22. The van der Waals surface area contributed by atoms with E-state index in [0.717, 1.165) is 25.9 Å². The predicted octanol–water partition coefficient (Wildman–Crippen LogP) is 3.10. The number of rotatable bonds is 6. The van der Waals surface area contributed by atoms with Gasteiger partial charge in [0.25, 0.3) is 0 Å². The molecule has 1 aromatic rings. The van der Waals surface area contributed by atoms with Gasteiger partial charge in [-0.1, -0.05) is 13.8 Å². The van der Waals surface area contributed by atoms with E-state index in [0.29, 0.717) is 5.56 Å². The van der Waals surface area contributed by atoms with Crippen LogP contribution in [0, 0.1) is 0 Å². The summed E-state index contributed by atoms with van der Waals surface area (Å²) in [6.07, 6.45) is 2.25. The molecule has 0 fully saturated rings. The number of nitrogens with zero attached hydrogens (tertiary/aromatic N) is 1. The number of hydrogen-bond acceptors (Lipinski definition) is 3. The topological polar surface area (TPSA) is 29.5 Å². The van der Waals surface area contributed by atoms with E-state index < -0.39 is 0 Å². The van der Waals surface area contributed by atoms with Crippen LogP contribution in [0.4, 0.5) is 5.69 Å². The summed E-state index contributed by atoms with van der Waals surface area (Å²) in [7, 11) is 1.40. The SMILES string of the molecule is CCCN(CCC)c1ccc(C(=O)OC)cc1. The molecule has 1 aromatic carbocycles. The van der Waals surface area contributed by atoms with Gasteiger partial charge in [-0.15, -0.1) is 0 Å². The van der Waals surface area contributed by atoms with E-state index >= 15 is 0 Å². The van der Waals surface area contributed by atoms with Crippen molar-refractivity contribution in [3.63, 3.8) is 0 Å². The second kappa shape index (κ2) is 6.94. The molecule has 0 bridgehead atoms. The highest BCUT2D eigenvalue weighted by molar-refractivity contribution is 5.89. The Morgan fingerprint density at radius 3 is 2.06 bits per heavy atom. The number of ether oxygens (including phenoxy) is 1. The monoisotopic (exact) mass is 235 g/mol. The van der Waals surface area contributed by atoms with Crippen molar-refractivity contribution >= 4 is 11.7 Å². The molecular formula is C14H21NO2. The Balaban J connectivity index is 2.80. The summed E-state index contributed by atoms with van der Waals surface area (Å²) in [5, 5.41) is 0. The maximum absolute atomic E-state index is 11.3. The minimum atomic E-state index is -0.283. The zero-order valence-corrected chi connectivity index (χ0v) is 10.9. The summed E-state index contributed by atoms with van der Waals surface area (Å²) < 4.78 is 4.68. The van der Waals surface area contributed by atoms with E-state index in [9.17, 15) is 4.79 Å². The highest BCUT2D eigenvalue weighted by Crippen LogP contribution is 2.16. The van der Waals surface area contributed by atoms with Crippen LogP contribution in [0.25, 0.3) is 0 Å². The summed E-state index contributed by atoms with van der Waals surface area (Å²) >= 11 is 0. The summed E-state index contributed by atoms with van der Waals surface area (Å²) in [6.45, 7) is 6.44.